The fraction of sp³-hybridized carbons (Fsp3) is 0.421. The third-order valence-electron chi connectivity index (χ3n) is 4.79. The van der Waals surface area contributed by atoms with Crippen molar-refractivity contribution in [2.24, 2.45) is 0 Å². The number of para-hydroxylation sites is 1. The minimum Gasteiger partial charge on any atom is -0.493 e. The summed E-state index contributed by atoms with van der Waals surface area (Å²) in [6, 6.07) is 5.38. The Morgan fingerprint density at radius 3 is 2.96 bits per heavy atom. The number of anilines is 1. The molecular formula is C19H22N4O3. The van der Waals surface area contributed by atoms with E-state index in [0.717, 1.165) is 29.7 Å². The number of carbonyl (C=O) groups is 1. The fourth-order valence-corrected chi connectivity index (χ4v) is 3.76. The molecule has 0 spiro atoms. The summed E-state index contributed by atoms with van der Waals surface area (Å²) in [5.41, 5.74) is 2.56. The third kappa shape index (κ3) is 2.55. The predicted octanol–water partition coefficient (Wildman–Crippen LogP) is 3.02. The van der Waals surface area contributed by atoms with Crippen molar-refractivity contribution in [1.82, 2.24) is 14.8 Å². The molecule has 7 heteroatoms. The molecule has 0 saturated heterocycles. The Kier molecular flexibility index (Phi) is 4.14. The molecule has 0 amide bonds. The summed E-state index contributed by atoms with van der Waals surface area (Å²) >= 11 is 0. The molecule has 136 valence electrons. The van der Waals surface area contributed by atoms with Gasteiger partial charge in [-0.1, -0.05) is 12.1 Å². The van der Waals surface area contributed by atoms with Gasteiger partial charge in [-0.2, -0.15) is 10.1 Å². The molecule has 4 rings (SSSR count). The van der Waals surface area contributed by atoms with Gasteiger partial charge >= 0.3 is 0 Å². The zero-order valence-electron chi connectivity index (χ0n) is 15.2. The molecule has 1 atom stereocenters. The largest absolute Gasteiger partial charge is 0.493 e. The second kappa shape index (κ2) is 6.48. The van der Waals surface area contributed by atoms with Crippen molar-refractivity contribution in [1.29, 1.82) is 0 Å². The standard InChI is InChI=1S/C19H22N4O3/c1-4-26-18-12(7-5-10-15(18)25-3)17-16-13(8-6-9-14(16)24)21-19-20-11(2)22-23(17)19/h5,7,10,17H,4,6,8-9H2,1-3H3,(H,20,21,22). The van der Waals surface area contributed by atoms with Crippen LogP contribution in [-0.4, -0.2) is 34.3 Å². The molecule has 0 radical (unpaired) electrons. The van der Waals surface area contributed by atoms with E-state index in [1.807, 2.05) is 32.0 Å². The molecule has 1 unspecified atom stereocenters. The topological polar surface area (TPSA) is 78.3 Å². The monoisotopic (exact) mass is 354 g/mol. The number of hydrogen-bond donors (Lipinski definition) is 1. The van der Waals surface area contributed by atoms with Crippen LogP contribution in [0.25, 0.3) is 0 Å². The van der Waals surface area contributed by atoms with Gasteiger partial charge in [0.15, 0.2) is 17.3 Å². The first-order valence-corrected chi connectivity index (χ1v) is 8.90. The molecule has 0 bridgehead atoms. The highest BCUT2D eigenvalue weighted by Crippen LogP contribution is 2.45. The smallest absolute Gasteiger partial charge is 0.226 e. The third-order valence-corrected chi connectivity index (χ3v) is 4.79. The maximum Gasteiger partial charge on any atom is 0.226 e. The SMILES string of the molecule is CCOc1c(OC)cccc1C1C2=C(CCCC2=O)Nc2nc(C)nn21. The van der Waals surface area contributed by atoms with Crippen molar-refractivity contribution in [3.63, 3.8) is 0 Å². The van der Waals surface area contributed by atoms with Gasteiger partial charge in [-0.25, -0.2) is 4.68 Å². The van der Waals surface area contributed by atoms with Gasteiger partial charge in [0.2, 0.25) is 5.95 Å². The number of aryl methyl sites for hydroxylation is 1. The lowest BCUT2D eigenvalue weighted by Crippen LogP contribution is -2.31. The number of nitrogens with one attached hydrogen (secondary N) is 1. The second-order valence-electron chi connectivity index (χ2n) is 6.44. The number of fused-ring (bicyclic) bond motifs is 1. The van der Waals surface area contributed by atoms with Crippen LogP contribution in [-0.2, 0) is 4.79 Å². The van der Waals surface area contributed by atoms with Gasteiger partial charge in [0.1, 0.15) is 11.9 Å². The zero-order chi connectivity index (χ0) is 18.3. The maximum absolute atomic E-state index is 12.8. The average molecular weight is 354 g/mol. The van der Waals surface area contributed by atoms with E-state index >= 15 is 0 Å². The summed E-state index contributed by atoms with van der Waals surface area (Å²) in [4.78, 5) is 17.3. The van der Waals surface area contributed by atoms with Gasteiger partial charge in [0, 0.05) is 23.3 Å². The number of nitrogens with zero attached hydrogens (tertiary/aromatic N) is 3. The molecule has 2 aliphatic rings. The van der Waals surface area contributed by atoms with E-state index in [2.05, 4.69) is 15.4 Å². The molecule has 1 aromatic heterocycles. The van der Waals surface area contributed by atoms with Crippen LogP contribution < -0.4 is 14.8 Å². The number of rotatable bonds is 4. The molecule has 2 heterocycles. The van der Waals surface area contributed by atoms with E-state index in [4.69, 9.17) is 9.47 Å². The number of allylic oxidation sites excluding steroid dienone is 2. The molecule has 1 aromatic carbocycles. The van der Waals surface area contributed by atoms with Gasteiger partial charge < -0.3 is 14.8 Å². The van der Waals surface area contributed by atoms with Crippen LogP contribution in [0.4, 0.5) is 5.95 Å². The lowest BCUT2D eigenvalue weighted by molar-refractivity contribution is -0.116. The van der Waals surface area contributed by atoms with Crippen molar-refractivity contribution in [2.45, 2.75) is 39.2 Å². The Labute approximate surface area is 152 Å². The van der Waals surface area contributed by atoms with Gasteiger partial charge in [-0.3, -0.25) is 4.79 Å². The highest BCUT2D eigenvalue weighted by molar-refractivity contribution is 5.99. The molecule has 26 heavy (non-hydrogen) atoms. The summed E-state index contributed by atoms with van der Waals surface area (Å²) in [7, 11) is 1.62. The lowest BCUT2D eigenvalue weighted by atomic mass is 9.85. The van der Waals surface area contributed by atoms with Gasteiger partial charge in [0.25, 0.3) is 0 Å². The van der Waals surface area contributed by atoms with Crippen LogP contribution in [0.5, 0.6) is 11.5 Å². The second-order valence-corrected chi connectivity index (χ2v) is 6.44. The molecule has 2 aromatic rings. The number of benzene rings is 1. The van der Waals surface area contributed by atoms with Crippen LogP contribution in [0.1, 0.15) is 43.6 Å². The number of hydrogen-bond acceptors (Lipinski definition) is 6. The Bertz CT molecular complexity index is 900. The summed E-state index contributed by atoms with van der Waals surface area (Å²) in [6.45, 7) is 4.28. The van der Waals surface area contributed by atoms with Crippen molar-refractivity contribution in [2.75, 3.05) is 19.0 Å². The van der Waals surface area contributed by atoms with Crippen molar-refractivity contribution in [3.8, 4) is 11.5 Å². The van der Waals surface area contributed by atoms with Gasteiger partial charge in [0.05, 0.1) is 13.7 Å². The van der Waals surface area contributed by atoms with Gasteiger partial charge in [-0.05, 0) is 32.8 Å². The van der Waals surface area contributed by atoms with Crippen LogP contribution in [0, 0.1) is 6.92 Å². The Balaban J connectivity index is 1.96. The van der Waals surface area contributed by atoms with Crippen molar-refractivity contribution < 1.29 is 14.3 Å². The van der Waals surface area contributed by atoms with Crippen molar-refractivity contribution in [3.05, 3.63) is 40.9 Å². The van der Waals surface area contributed by atoms with E-state index in [1.165, 1.54) is 0 Å². The van der Waals surface area contributed by atoms with Crippen molar-refractivity contribution >= 4 is 11.7 Å². The number of ketones is 1. The normalized spacial score (nSPS) is 18.9. The molecule has 0 saturated carbocycles. The Hall–Kier alpha value is -2.83. The van der Waals surface area contributed by atoms with E-state index in [1.54, 1.807) is 11.8 Å². The van der Waals surface area contributed by atoms with Crippen LogP contribution in [0.15, 0.2) is 29.5 Å². The quantitative estimate of drug-likeness (QED) is 0.909. The first-order chi connectivity index (χ1) is 12.6. The molecule has 7 nitrogen and oxygen atoms in total. The number of Topliss-reactive ketones (excluding diaryl/α,β-unsaturated/α-hetero) is 1. The summed E-state index contributed by atoms with van der Waals surface area (Å²) < 4.78 is 13.2. The average Bonchev–Trinajstić information content (AvgIpc) is 3.00. The van der Waals surface area contributed by atoms with E-state index < -0.39 is 0 Å². The summed E-state index contributed by atoms with van der Waals surface area (Å²) in [5, 5.41) is 7.86. The molecule has 1 aliphatic carbocycles. The number of carbonyl (C=O) groups excluding carboxylic acids is 1. The predicted molar refractivity (Wildman–Crippen MR) is 96.6 cm³/mol. The number of ether oxygens (including phenoxy) is 2. The van der Waals surface area contributed by atoms with E-state index in [9.17, 15) is 4.79 Å². The summed E-state index contributed by atoms with van der Waals surface area (Å²) in [6.07, 6.45) is 2.23. The van der Waals surface area contributed by atoms with Crippen LogP contribution in [0.3, 0.4) is 0 Å². The molecule has 1 N–H and O–H groups in total. The number of aromatic nitrogens is 3. The lowest BCUT2D eigenvalue weighted by Gasteiger charge is -2.33. The van der Waals surface area contributed by atoms with E-state index in [0.29, 0.717) is 36.3 Å². The first kappa shape index (κ1) is 16.6. The molecule has 0 fully saturated rings. The minimum absolute atomic E-state index is 0.146. The highest BCUT2D eigenvalue weighted by atomic mass is 16.5. The van der Waals surface area contributed by atoms with Gasteiger partial charge in [-0.15, -0.1) is 0 Å². The Morgan fingerprint density at radius 1 is 1.35 bits per heavy atom. The molecule has 1 aliphatic heterocycles. The number of methoxy groups -OCH3 is 1. The summed E-state index contributed by atoms with van der Waals surface area (Å²) in [5.74, 6) is 2.75. The molecular weight excluding hydrogens is 332 g/mol. The highest BCUT2D eigenvalue weighted by Gasteiger charge is 2.38. The Morgan fingerprint density at radius 2 is 2.19 bits per heavy atom. The maximum atomic E-state index is 12.8. The zero-order valence-corrected chi connectivity index (χ0v) is 15.2. The van der Waals surface area contributed by atoms with E-state index in [-0.39, 0.29) is 11.8 Å². The fourth-order valence-electron chi connectivity index (χ4n) is 3.76. The first-order valence-electron chi connectivity index (χ1n) is 8.90. The minimum atomic E-state index is -0.369. The van der Waals surface area contributed by atoms with Crippen LogP contribution in [0.2, 0.25) is 0 Å². The van der Waals surface area contributed by atoms with Crippen LogP contribution >= 0.6 is 0 Å².